The van der Waals surface area contributed by atoms with Gasteiger partial charge in [0.25, 0.3) is 0 Å². The second-order valence-corrected chi connectivity index (χ2v) is 8.95. The molecule has 1 fully saturated rings. The van der Waals surface area contributed by atoms with Crippen LogP contribution >= 0.6 is 12.2 Å². The number of benzene rings is 2. The first-order chi connectivity index (χ1) is 18.0. The maximum absolute atomic E-state index is 14.1. The Bertz CT molecular complexity index is 1440. The summed E-state index contributed by atoms with van der Waals surface area (Å²) < 4.78 is 21.7. The van der Waals surface area contributed by atoms with Crippen molar-refractivity contribution < 1.29 is 13.9 Å². The summed E-state index contributed by atoms with van der Waals surface area (Å²) in [5.74, 6) is 0.0953. The zero-order chi connectivity index (χ0) is 25.9. The summed E-state index contributed by atoms with van der Waals surface area (Å²) in [5.41, 5.74) is 3.78. The summed E-state index contributed by atoms with van der Waals surface area (Å²) in [6.45, 7) is 1.79. The molecule has 2 atom stereocenters. The molecule has 5 rings (SSSR count). The van der Waals surface area contributed by atoms with Gasteiger partial charge >= 0.3 is 0 Å². The van der Waals surface area contributed by atoms with Crippen molar-refractivity contribution in [1.82, 2.24) is 14.9 Å². The first-order valence-corrected chi connectivity index (χ1v) is 12.3. The Hall–Kier alpha value is -4.24. The molecule has 0 spiro atoms. The Morgan fingerprint density at radius 3 is 2.70 bits per heavy atom. The second kappa shape index (κ2) is 10.4. The summed E-state index contributed by atoms with van der Waals surface area (Å²) in [6, 6.07) is 21.1. The van der Waals surface area contributed by atoms with Crippen LogP contribution in [0.15, 0.2) is 85.2 Å². The standard InChI is InChI=1S/C28H26FN5O2S/c1-3-25(35)31-21-13-12-20(17-24(21)36-2)34-27(26(32-28(34)37)22-10-4-5-14-30-22)23-11-7-15-33(23)19-9-6-8-18(29)16-19/h4-17,26-27H,3H2,1-2H3,(H,31,35)(H,32,37)/t26-,27-/m1/s1. The number of halogens is 1. The van der Waals surface area contributed by atoms with E-state index < -0.39 is 0 Å². The van der Waals surface area contributed by atoms with Crippen LogP contribution in [0.3, 0.4) is 0 Å². The van der Waals surface area contributed by atoms with Gasteiger partial charge in [-0.1, -0.05) is 19.1 Å². The summed E-state index contributed by atoms with van der Waals surface area (Å²) >= 11 is 5.84. The minimum absolute atomic E-state index is 0.106. The zero-order valence-corrected chi connectivity index (χ0v) is 21.2. The minimum atomic E-state index is -0.318. The molecule has 2 N–H and O–H groups in total. The lowest BCUT2D eigenvalue weighted by atomic mass is 10.0. The molecular weight excluding hydrogens is 489 g/mol. The number of pyridine rings is 1. The number of ether oxygens (including phenoxy) is 1. The van der Waals surface area contributed by atoms with Gasteiger partial charge in [-0.05, 0) is 66.8 Å². The van der Waals surface area contributed by atoms with Crippen LogP contribution in [0.4, 0.5) is 15.8 Å². The molecule has 1 amide bonds. The fourth-order valence-corrected chi connectivity index (χ4v) is 4.95. The van der Waals surface area contributed by atoms with Crippen LogP contribution in [0.5, 0.6) is 5.75 Å². The van der Waals surface area contributed by atoms with Crippen LogP contribution in [0.2, 0.25) is 0 Å². The maximum atomic E-state index is 14.1. The first-order valence-electron chi connectivity index (χ1n) is 11.9. The van der Waals surface area contributed by atoms with E-state index in [1.165, 1.54) is 12.1 Å². The predicted molar refractivity (Wildman–Crippen MR) is 146 cm³/mol. The lowest BCUT2D eigenvalue weighted by molar-refractivity contribution is -0.115. The van der Waals surface area contributed by atoms with Crippen molar-refractivity contribution in [2.45, 2.75) is 25.4 Å². The Kier molecular flexibility index (Phi) is 6.87. The molecular formula is C28H26FN5O2S. The number of carbonyl (C=O) groups is 1. The van der Waals surface area contributed by atoms with Gasteiger partial charge in [0.2, 0.25) is 5.91 Å². The van der Waals surface area contributed by atoms with Gasteiger partial charge in [0.1, 0.15) is 17.6 Å². The highest BCUT2D eigenvalue weighted by molar-refractivity contribution is 7.80. The summed E-state index contributed by atoms with van der Waals surface area (Å²) in [6.07, 6.45) is 4.01. The number of hydrogen-bond acceptors (Lipinski definition) is 4. The molecule has 1 aliphatic heterocycles. The number of thiocarbonyl (C=S) groups is 1. The van der Waals surface area contributed by atoms with Gasteiger partial charge in [-0.25, -0.2) is 4.39 Å². The molecule has 0 unspecified atom stereocenters. The van der Waals surface area contributed by atoms with Crippen molar-refractivity contribution in [1.29, 1.82) is 0 Å². The summed E-state index contributed by atoms with van der Waals surface area (Å²) in [7, 11) is 1.56. The van der Waals surface area contributed by atoms with Crippen molar-refractivity contribution >= 4 is 34.6 Å². The van der Waals surface area contributed by atoms with Crippen LogP contribution in [-0.4, -0.2) is 27.7 Å². The molecule has 7 nitrogen and oxygen atoms in total. The van der Waals surface area contributed by atoms with E-state index in [0.29, 0.717) is 28.7 Å². The third kappa shape index (κ3) is 4.77. The molecule has 37 heavy (non-hydrogen) atoms. The molecule has 0 saturated carbocycles. The van der Waals surface area contributed by atoms with Crippen molar-refractivity contribution in [3.63, 3.8) is 0 Å². The number of methoxy groups -OCH3 is 1. The largest absolute Gasteiger partial charge is 0.494 e. The van der Waals surface area contributed by atoms with Gasteiger partial charge in [0.05, 0.1) is 24.5 Å². The molecule has 2 aromatic heterocycles. The lowest BCUT2D eigenvalue weighted by Gasteiger charge is -2.29. The fourth-order valence-electron chi connectivity index (χ4n) is 4.60. The minimum Gasteiger partial charge on any atom is -0.494 e. The van der Waals surface area contributed by atoms with Crippen LogP contribution < -0.4 is 20.3 Å². The number of nitrogens with zero attached hydrogens (tertiary/aromatic N) is 3. The predicted octanol–water partition coefficient (Wildman–Crippen LogP) is 5.55. The Morgan fingerprint density at radius 1 is 1.11 bits per heavy atom. The van der Waals surface area contributed by atoms with E-state index >= 15 is 0 Å². The van der Waals surface area contributed by atoms with Crippen molar-refractivity contribution in [3.8, 4) is 11.4 Å². The third-order valence-electron chi connectivity index (χ3n) is 6.33. The smallest absolute Gasteiger partial charge is 0.224 e. The average molecular weight is 516 g/mol. The van der Waals surface area contributed by atoms with E-state index in [9.17, 15) is 9.18 Å². The molecule has 4 aromatic rings. The Morgan fingerprint density at radius 2 is 1.97 bits per heavy atom. The van der Waals surface area contributed by atoms with Gasteiger partial charge in [-0.15, -0.1) is 0 Å². The molecule has 188 valence electrons. The van der Waals surface area contributed by atoms with Crippen LogP contribution in [-0.2, 0) is 4.79 Å². The van der Waals surface area contributed by atoms with Crippen LogP contribution in [0.1, 0.15) is 36.8 Å². The second-order valence-electron chi connectivity index (χ2n) is 8.57. The van der Waals surface area contributed by atoms with Gasteiger partial charge in [-0.3, -0.25) is 9.78 Å². The van der Waals surface area contributed by atoms with E-state index in [4.69, 9.17) is 17.0 Å². The first kappa shape index (κ1) is 24.5. The van der Waals surface area contributed by atoms with E-state index in [0.717, 1.165) is 17.1 Å². The number of amides is 1. The van der Waals surface area contributed by atoms with Crippen LogP contribution in [0, 0.1) is 5.82 Å². The number of nitrogens with one attached hydrogen (secondary N) is 2. The highest BCUT2D eigenvalue weighted by atomic mass is 32.1. The fraction of sp³-hybridized carbons (Fsp3) is 0.179. The molecule has 9 heteroatoms. The zero-order valence-electron chi connectivity index (χ0n) is 20.4. The molecule has 0 radical (unpaired) electrons. The number of anilines is 2. The number of rotatable bonds is 7. The normalized spacial score (nSPS) is 16.9. The molecule has 1 aliphatic rings. The lowest BCUT2D eigenvalue weighted by Crippen LogP contribution is -2.30. The molecule has 0 bridgehead atoms. The van der Waals surface area contributed by atoms with E-state index in [1.54, 1.807) is 32.4 Å². The molecule has 0 aliphatic carbocycles. The SMILES string of the molecule is CCC(=O)Nc1ccc(N2C(=S)N[C@H](c3ccccn3)[C@H]2c2cccn2-c2cccc(F)c2)cc1OC. The van der Waals surface area contributed by atoms with Crippen molar-refractivity contribution in [3.05, 3.63) is 102 Å². The topological polar surface area (TPSA) is 71.4 Å². The maximum Gasteiger partial charge on any atom is 0.224 e. The Balaban J connectivity index is 1.63. The van der Waals surface area contributed by atoms with Crippen molar-refractivity contribution in [2.75, 3.05) is 17.3 Å². The molecule has 2 aromatic carbocycles. The highest BCUT2D eigenvalue weighted by Gasteiger charge is 2.42. The Labute approximate surface area is 219 Å². The van der Waals surface area contributed by atoms with Gasteiger partial charge < -0.3 is 24.8 Å². The van der Waals surface area contributed by atoms with Gasteiger partial charge in [-0.2, -0.15) is 0 Å². The molecule has 3 heterocycles. The molecule has 1 saturated heterocycles. The number of hydrogen-bond donors (Lipinski definition) is 2. The van der Waals surface area contributed by atoms with Gasteiger partial charge in [0.15, 0.2) is 5.11 Å². The summed E-state index contributed by atoms with van der Waals surface area (Å²) in [5, 5.41) is 6.82. The average Bonchev–Trinajstić information content (AvgIpc) is 3.53. The van der Waals surface area contributed by atoms with E-state index in [2.05, 4.69) is 15.6 Å². The quantitative estimate of drug-likeness (QED) is 0.315. The van der Waals surface area contributed by atoms with E-state index in [1.807, 2.05) is 64.2 Å². The summed E-state index contributed by atoms with van der Waals surface area (Å²) in [4.78, 5) is 18.6. The monoisotopic (exact) mass is 515 g/mol. The highest BCUT2D eigenvalue weighted by Crippen LogP contribution is 2.43. The number of aromatic nitrogens is 2. The third-order valence-corrected chi connectivity index (χ3v) is 6.64. The van der Waals surface area contributed by atoms with Gasteiger partial charge in [0, 0.05) is 41.9 Å². The van der Waals surface area contributed by atoms with Crippen molar-refractivity contribution in [2.24, 2.45) is 0 Å². The van der Waals surface area contributed by atoms with Crippen LogP contribution in [0.25, 0.3) is 5.69 Å². The van der Waals surface area contributed by atoms with E-state index in [-0.39, 0.29) is 23.8 Å². The number of carbonyl (C=O) groups excluding carboxylic acids is 1.